The third-order valence-corrected chi connectivity index (χ3v) is 3.19. The minimum Gasteiger partial charge on any atom is -0.379 e. The van der Waals surface area contributed by atoms with E-state index in [2.05, 4.69) is 5.32 Å². The summed E-state index contributed by atoms with van der Waals surface area (Å²) in [5.74, 6) is -0.122. The fourth-order valence-corrected chi connectivity index (χ4v) is 1.41. The molecule has 0 aromatic carbocycles. The Balaban J connectivity index is 3.87. The van der Waals surface area contributed by atoms with Gasteiger partial charge in [-0.3, -0.25) is 4.79 Å². The highest BCUT2D eigenvalue weighted by atomic mass is 16.5. The molecular weight excluding hydrogens is 232 g/mol. The summed E-state index contributed by atoms with van der Waals surface area (Å²) in [4.78, 5) is 11.8. The van der Waals surface area contributed by atoms with Crippen molar-refractivity contribution in [3.63, 3.8) is 0 Å². The van der Waals surface area contributed by atoms with Crippen LogP contribution in [0, 0.1) is 0 Å². The monoisotopic (exact) mass is 260 g/mol. The highest BCUT2D eigenvalue weighted by Gasteiger charge is 2.22. The molecule has 0 aliphatic rings. The zero-order chi connectivity index (χ0) is 14.0. The van der Waals surface area contributed by atoms with Crippen LogP contribution in [0.15, 0.2) is 0 Å². The molecule has 0 aromatic heterocycles. The minimum absolute atomic E-state index is 0.122. The summed E-state index contributed by atoms with van der Waals surface area (Å²) < 4.78 is 10.5. The molecule has 18 heavy (non-hydrogen) atoms. The highest BCUT2D eigenvalue weighted by Crippen LogP contribution is 2.09. The molecule has 0 spiro atoms. The third-order valence-electron chi connectivity index (χ3n) is 3.19. The molecule has 1 unspecified atom stereocenters. The van der Waals surface area contributed by atoms with Crippen molar-refractivity contribution in [2.45, 2.75) is 52.2 Å². The Morgan fingerprint density at radius 1 is 1.28 bits per heavy atom. The van der Waals surface area contributed by atoms with Gasteiger partial charge in [-0.15, -0.1) is 0 Å². The van der Waals surface area contributed by atoms with Gasteiger partial charge in [0.15, 0.2) is 0 Å². The summed E-state index contributed by atoms with van der Waals surface area (Å²) in [5, 5.41) is 2.84. The number of rotatable bonds is 10. The molecule has 108 valence electrons. The maximum absolute atomic E-state index is 11.8. The molecule has 5 nitrogen and oxygen atoms in total. The van der Waals surface area contributed by atoms with E-state index >= 15 is 0 Å². The SMILES string of the molecule is CCOCCOC(C)C(=O)NCC(N)(CC)CC. The molecule has 0 fully saturated rings. The first-order valence-corrected chi connectivity index (χ1v) is 6.75. The van der Waals surface area contributed by atoms with Crippen LogP contribution in [0.25, 0.3) is 0 Å². The predicted molar refractivity (Wildman–Crippen MR) is 72.4 cm³/mol. The maximum atomic E-state index is 11.8. The van der Waals surface area contributed by atoms with Crippen LogP contribution in [0.1, 0.15) is 40.5 Å². The molecule has 1 amide bonds. The zero-order valence-electron chi connectivity index (χ0n) is 12.1. The Labute approximate surface area is 110 Å². The molecule has 0 radical (unpaired) electrons. The molecule has 1 atom stereocenters. The molecule has 0 bridgehead atoms. The van der Waals surface area contributed by atoms with Crippen molar-refractivity contribution in [3.8, 4) is 0 Å². The summed E-state index contributed by atoms with van der Waals surface area (Å²) in [7, 11) is 0. The molecule has 0 saturated heterocycles. The smallest absolute Gasteiger partial charge is 0.248 e. The lowest BCUT2D eigenvalue weighted by atomic mass is 9.94. The number of amides is 1. The molecule has 0 aliphatic carbocycles. The molecule has 0 aliphatic heterocycles. The predicted octanol–water partition coefficient (Wildman–Crippen LogP) is 1.06. The lowest BCUT2D eigenvalue weighted by molar-refractivity contribution is -0.132. The average molecular weight is 260 g/mol. The van der Waals surface area contributed by atoms with E-state index in [1.54, 1.807) is 6.92 Å². The van der Waals surface area contributed by atoms with E-state index < -0.39 is 6.10 Å². The van der Waals surface area contributed by atoms with Gasteiger partial charge in [-0.1, -0.05) is 13.8 Å². The molecule has 5 heteroatoms. The number of nitrogens with two attached hydrogens (primary N) is 1. The van der Waals surface area contributed by atoms with Gasteiger partial charge in [-0.05, 0) is 26.7 Å². The van der Waals surface area contributed by atoms with Crippen molar-refractivity contribution in [1.82, 2.24) is 5.32 Å². The topological polar surface area (TPSA) is 73.6 Å². The minimum atomic E-state index is -0.469. The summed E-state index contributed by atoms with van der Waals surface area (Å²) in [6.45, 7) is 9.79. The Morgan fingerprint density at radius 2 is 1.89 bits per heavy atom. The van der Waals surface area contributed by atoms with Gasteiger partial charge >= 0.3 is 0 Å². The van der Waals surface area contributed by atoms with E-state index in [9.17, 15) is 4.79 Å². The Kier molecular flexibility index (Phi) is 8.97. The van der Waals surface area contributed by atoms with Crippen molar-refractivity contribution in [2.75, 3.05) is 26.4 Å². The van der Waals surface area contributed by atoms with Crippen LogP contribution in [0.5, 0.6) is 0 Å². The van der Waals surface area contributed by atoms with Gasteiger partial charge in [-0.2, -0.15) is 0 Å². The van der Waals surface area contributed by atoms with Crippen molar-refractivity contribution >= 4 is 5.91 Å². The quantitative estimate of drug-likeness (QED) is 0.576. The second kappa shape index (κ2) is 9.30. The van der Waals surface area contributed by atoms with E-state index in [1.165, 1.54) is 0 Å². The largest absolute Gasteiger partial charge is 0.379 e. The fourth-order valence-electron chi connectivity index (χ4n) is 1.41. The van der Waals surface area contributed by atoms with Crippen molar-refractivity contribution in [2.24, 2.45) is 5.73 Å². The number of nitrogens with one attached hydrogen (secondary N) is 1. The third kappa shape index (κ3) is 6.93. The molecule has 0 rings (SSSR count). The van der Waals surface area contributed by atoms with Gasteiger partial charge in [-0.25, -0.2) is 0 Å². The first-order valence-electron chi connectivity index (χ1n) is 6.75. The van der Waals surface area contributed by atoms with Gasteiger partial charge in [0.1, 0.15) is 6.10 Å². The highest BCUT2D eigenvalue weighted by molar-refractivity contribution is 5.80. The molecular formula is C13H28N2O3. The normalized spacial score (nSPS) is 13.4. The lowest BCUT2D eigenvalue weighted by Gasteiger charge is -2.27. The molecule has 0 heterocycles. The van der Waals surface area contributed by atoms with E-state index in [0.717, 1.165) is 12.8 Å². The Morgan fingerprint density at radius 3 is 2.39 bits per heavy atom. The summed E-state index contributed by atoms with van der Waals surface area (Å²) >= 11 is 0. The number of ether oxygens (including phenoxy) is 2. The molecule has 0 aromatic rings. The molecule has 3 N–H and O–H groups in total. The first kappa shape index (κ1) is 17.4. The second-order valence-corrected chi connectivity index (χ2v) is 4.50. The van der Waals surface area contributed by atoms with Gasteiger partial charge in [0, 0.05) is 18.7 Å². The fraction of sp³-hybridized carbons (Fsp3) is 0.923. The van der Waals surface area contributed by atoms with Gasteiger partial charge in [0.2, 0.25) is 5.91 Å². The van der Waals surface area contributed by atoms with Gasteiger partial charge in [0.05, 0.1) is 13.2 Å². The summed E-state index contributed by atoms with van der Waals surface area (Å²) in [6, 6.07) is 0. The van der Waals surface area contributed by atoms with Gasteiger partial charge in [0.25, 0.3) is 0 Å². The standard InChI is InChI=1S/C13H28N2O3/c1-5-13(14,6-2)10-15-12(16)11(4)18-9-8-17-7-3/h11H,5-10,14H2,1-4H3,(H,15,16). The van der Waals surface area contributed by atoms with Crippen LogP contribution in [-0.4, -0.2) is 43.9 Å². The number of hydrogen-bond donors (Lipinski definition) is 2. The van der Waals surface area contributed by atoms with E-state index in [0.29, 0.717) is 26.4 Å². The lowest BCUT2D eigenvalue weighted by Crippen LogP contribution is -2.51. The van der Waals surface area contributed by atoms with Crippen LogP contribution in [0.3, 0.4) is 0 Å². The van der Waals surface area contributed by atoms with Crippen LogP contribution in [0.4, 0.5) is 0 Å². The second-order valence-electron chi connectivity index (χ2n) is 4.50. The van der Waals surface area contributed by atoms with Crippen LogP contribution in [-0.2, 0) is 14.3 Å². The Bertz CT molecular complexity index is 230. The number of carbonyl (C=O) groups excluding carboxylic acids is 1. The van der Waals surface area contributed by atoms with Crippen LogP contribution >= 0.6 is 0 Å². The maximum Gasteiger partial charge on any atom is 0.248 e. The average Bonchev–Trinajstić information content (AvgIpc) is 2.40. The number of carbonyl (C=O) groups is 1. The van der Waals surface area contributed by atoms with Gasteiger partial charge < -0.3 is 20.5 Å². The van der Waals surface area contributed by atoms with Crippen molar-refractivity contribution in [3.05, 3.63) is 0 Å². The number of hydrogen-bond acceptors (Lipinski definition) is 4. The van der Waals surface area contributed by atoms with E-state index in [-0.39, 0.29) is 11.4 Å². The van der Waals surface area contributed by atoms with Crippen molar-refractivity contribution < 1.29 is 14.3 Å². The van der Waals surface area contributed by atoms with E-state index in [1.807, 2.05) is 20.8 Å². The summed E-state index contributed by atoms with van der Waals surface area (Å²) in [5.41, 5.74) is 5.79. The zero-order valence-corrected chi connectivity index (χ0v) is 12.1. The van der Waals surface area contributed by atoms with Crippen LogP contribution in [0.2, 0.25) is 0 Å². The van der Waals surface area contributed by atoms with E-state index in [4.69, 9.17) is 15.2 Å². The first-order chi connectivity index (χ1) is 8.49. The Hall–Kier alpha value is -0.650. The summed E-state index contributed by atoms with van der Waals surface area (Å²) in [6.07, 6.45) is 1.20. The van der Waals surface area contributed by atoms with Crippen molar-refractivity contribution in [1.29, 1.82) is 0 Å². The molecule has 0 saturated carbocycles. The van der Waals surface area contributed by atoms with Crippen LogP contribution < -0.4 is 11.1 Å².